The molecule has 0 aromatic heterocycles. The fourth-order valence-electron chi connectivity index (χ4n) is 4.21. The Hall–Kier alpha value is -3.47. The fraction of sp³-hybridized carbons (Fsp3) is 0.296. The summed E-state index contributed by atoms with van der Waals surface area (Å²) in [5.41, 5.74) is 2.45. The number of carbonyl (C=O) groups excluding carboxylic acids is 3. The van der Waals surface area contributed by atoms with E-state index in [2.05, 4.69) is 0 Å². The molecule has 32 heavy (non-hydrogen) atoms. The normalized spacial score (nSPS) is 14.3. The third-order valence-electron chi connectivity index (χ3n) is 6.10. The van der Waals surface area contributed by atoms with Gasteiger partial charge in [-0.2, -0.15) is 0 Å². The predicted octanol–water partition coefficient (Wildman–Crippen LogP) is 4.49. The standard InChI is InChI=1S/C27H28N2O3/c1-20-10-12-22(13-11-20)25(30)14-15-26(31)28-16-5-17-29(19-18-28)27(32)24-9-4-7-21-6-2-3-8-23(21)24/h2-4,6-13H,5,14-19H2,1H3. The molecule has 1 fully saturated rings. The Bertz CT molecular complexity index is 1130. The van der Waals surface area contributed by atoms with E-state index in [1.807, 2.05) is 78.6 Å². The molecule has 4 rings (SSSR count). The van der Waals surface area contributed by atoms with Crippen LogP contribution in [-0.4, -0.2) is 53.6 Å². The zero-order valence-electron chi connectivity index (χ0n) is 18.4. The molecule has 5 nitrogen and oxygen atoms in total. The van der Waals surface area contributed by atoms with E-state index in [4.69, 9.17) is 0 Å². The van der Waals surface area contributed by atoms with E-state index >= 15 is 0 Å². The van der Waals surface area contributed by atoms with E-state index in [0.717, 1.165) is 22.8 Å². The summed E-state index contributed by atoms with van der Waals surface area (Å²) in [6.45, 7) is 4.20. The zero-order chi connectivity index (χ0) is 22.5. The second-order valence-electron chi connectivity index (χ2n) is 8.34. The number of Topliss-reactive ketones (excluding diaryl/α,β-unsaturated/α-hetero) is 1. The third kappa shape index (κ3) is 4.88. The summed E-state index contributed by atoms with van der Waals surface area (Å²) in [6, 6.07) is 21.1. The molecular weight excluding hydrogens is 400 g/mol. The molecule has 0 radical (unpaired) electrons. The van der Waals surface area contributed by atoms with E-state index in [1.54, 1.807) is 4.90 Å². The van der Waals surface area contributed by atoms with E-state index < -0.39 is 0 Å². The number of benzene rings is 3. The average molecular weight is 429 g/mol. The van der Waals surface area contributed by atoms with Crippen molar-refractivity contribution in [2.75, 3.05) is 26.2 Å². The van der Waals surface area contributed by atoms with Crippen LogP contribution in [0.25, 0.3) is 10.8 Å². The first-order valence-corrected chi connectivity index (χ1v) is 11.2. The van der Waals surface area contributed by atoms with Gasteiger partial charge >= 0.3 is 0 Å². The van der Waals surface area contributed by atoms with Gasteiger partial charge in [-0.05, 0) is 30.2 Å². The molecule has 0 spiro atoms. The van der Waals surface area contributed by atoms with Crippen molar-refractivity contribution >= 4 is 28.4 Å². The van der Waals surface area contributed by atoms with E-state index in [0.29, 0.717) is 37.3 Å². The van der Waals surface area contributed by atoms with Crippen molar-refractivity contribution in [3.8, 4) is 0 Å². The van der Waals surface area contributed by atoms with Crippen LogP contribution in [0.3, 0.4) is 0 Å². The van der Waals surface area contributed by atoms with Crippen molar-refractivity contribution in [1.29, 1.82) is 0 Å². The molecule has 2 amide bonds. The number of hydrogen-bond acceptors (Lipinski definition) is 3. The number of carbonyl (C=O) groups is 3. The zero-order valence-corrected chi connectivity index (χ0v) is 18.4. The molecule has 0 atom stereocenters. The lowest BCUT2D eigenvalue weighted by Gasteiger charge is -2.23. The molecule has 1 aliphatic heterocycles. The third-order valence-corrected chi connectivity index (χ3v) is 6.10. The summed E-state index contributed by atoms with van der Waals surface area (Å²) < 4.78 is 0. The summed E-state index contributed by atoms with van der Waals surface area (Å²) in [4.78, 5) is 42.0. The van der Waals surface area contributed by atoms with Crippen LogP contribution in [-0.2, 0) is 4.79 Å². The molecule has 0 saturated carbocycles. The molecule has 0 unspecified atom stereocenters. The van der Waals surface area contributed by atoms with Gasteiger partial charge in [0.1, 0.15) is 0 Å². The minimum absolute atomic E-state index is 0.00523. The summed E-state index contributed by atoms with van der Waals surface area (Å²) in [7, 11) is 0. The van der Waals surface area contributed by atoms with Gasteiger partial charge in [-0.15, -0.1) is 0 Å². The highest BCUT2D eigenvalue weighted by atomic mass is 16.2. The van der Waals surface area contributed by atoms with Crippen LogP contribution in [0.15, 0.2) is 66.7 Å². The number of fused-ring (bicyclic) bond motifs is 1. The smallest absolute Gasteiger partial charge is 0.254 e. The van der Waals surface area contributed by atoms with Gasteiger partial charge < -0.3 is 9.80 Å². The molecule has 5 heteroatoms. The van der Waals surface area contributed by atoms with Crippen LogP contribution < -0.4 is 0 Å². The lowest BCUT2D eigenvalue weighted by molar-refractivity contribution is -0.131. The topological polar surface area (TPSA) is 57.7 Å². The van der Waals surface area contributed by atoms with Crippen LogP contribution in [0.1, 0.15) is 45.5 Å². The van der Waals surface area contributed by atoms with E-state index in [1.165, 1.54) is 0 Å². The number of amides is 2. The summed E-state index contributed by atoms with van der Waals surface area (Å²) in [5, 5.41) is 2.00. The Morgan fingerprint density at radius 2 is 1.44 bits per heavy atom. The molecule has 0 aliphatic carbocycles. The molecule has 3 aromatic rings. The molecule has 164 valence electrons. The molecule has 0 N–H and O–H groups in total. The Labute approximate surface area is 188 Å². The van der Waals surface area contributed by atoms with Crippen LogP contribution in [0.5, 0.6) is 0 Å². The highest BCUT2D eigenvalue weighted by molar-refractivity contribution is 6.07. The van der Waals surface area contributed by atoms with Crippen molar-refractivity contribution in [3.05, 3.63) is 83.4 Å². The summed E-state index contributed by atoms with van der Waals surface area (Å²) >= 11 is 0. The maximum atomic E-state index is 13.2. The average Bonchev–Trinajstić information content (AvgIpc) is 3.08. The second-order valence-corrected chi connectivity index (χ2v) is 8.34. The molecule has 1 saturated heterocycles. The van der Waals surface area contributed by atoms with Gasteiger partial charge in [-0.3, -0.25) is 14.4 Å². The Morgan fingerprint density at radius 1 is 0.750 bits per heavy atom. The quantitative estimate of drug-likeness (QED) is 0.563. The largest absolute Gasteiger partial charge is 0.341 e. The van der Waals surface area contributed by atoms with E-state index in [9.17, 15) is 14.4 Å². The van der Waals surface area contributed by atoms with Crippen molar-refractivity contribution in [3.63, 3.8) is 0 Å². The van der Waals surface area contributed by atoms with Gasteiger partial charge in [0.15, 0.2) is 5.78 Å². The number of nitrogens with zero attached hydrogens (tertiary/aromatic N) is 2. The Balaban J connectivity index is 1.35. The maximum absolute atomic E-state index is 13.2. The molecule has 1 heterocycles. The number of rotatable bonds is 5. The SMILES string of the molecule is Cc1ccc(C(=O)CCC(=O)N2CCCN(C(=O)c3cccc4ccccc34)CC2)cc1. The van der Waals surface area contributed by atoms with Crippen LogP contribution >= 0.6 is 0 Å². The minimum Gasteiger partial charge on any atom is -0.341 e. The fourth-order valence-corrected chi connectivity index (χ4v) is 4.21. The van der Waals surface area contributed by atoms with Gasteiger partial charge in [-0.25, -0.2) is 0 Å². The van der Waals surface area contributed by atoms with Crippen molar-refractivity contribution < 1.29 is 14.4 Å². The monoisotopic (exact) mass is 428 g/mol. The van der Waals surface area contributed by atoms with Crippen molar-refractivity contribution in [1.82, 2.24) is 9.80 Å². The minimum atomic E-state index is -0.0232. The maximum Gasteiger partial charge on any atom is 0.254 e. The van der Waals surface area contributed by atoms with Crippen molar-refractivity contribution in [2.45, 2.75) is 26.2 Å². The van der Waals surface area contributed by atoms with Gasteiger partial charge in [-0.1, -0.05) is 66.2 Å². The molecule has 1 aliphatic rings. The van der Waals surface area contributed by atoms with Gasteiger partial charge in [0.25, 0.3) is 5.91 Å². The van der Waals surface area contributed by atoms with Gasteiger partial charge in [0.2, 0.25) is 5.91 Å². The lowest BCUT2D eigenvalue weighted by Crippen LogP contribution is -2.37. The second kappa shape index (κ2) is 9.77. The number of hydrogen-bond donors (Lipinski definition) is 0. The highest BCUT2D eigenvalue weighted by Gasteiger charge is 2.24. The highest BCUT2D eigenvalue weighted by Crippen LogP contribution is 2.21. The van der Waals surface area contributed by atoms with Crippen LogP contribution in [0.2, 0.25) is 0 Å². The van der Waals surface area contributed by atoms with Gasteiger partial charge in [0.05, 0.1) is 0 Å². The first kappa shape index (κ1) is 21.8. The Kier molecular flexibility index (Phi) is 6.64. The number of ketones is 1. The number of aryl methyl sites for hydroxylation is 1. The van der Waals surface area contributed by atoms with E-state index in [-0.39, 0.29) is 30.4 Å². The van der Waals surface area contributed by atoms with Crippen LogP contribution in [0.4, 0.5) is 0 Å². The first-order chi connectivity index (χ1) is 15.5. The van der Waals surface area contributed by atoms with Crippen molar-refractivity contribution in [2.24, 2.45) is 0 Å². The lowest BCUT2D eigenvalue weighted by atomic mass is 10.0. The molecule has 0 bridgehead atoms. The first-order valence-electron chi connectivity index (χ1n) is 11.2. The van der Waals surface area contributed by atoms with Crippen LogP contribution in [0, 0.1) is 6.92 Å². The molecular formula is C27H28N2O3. The van der Waals surface area contributed by atoms with Gasteiger partial charge in [0, 0.05) is 50.1 Å². The molecule has 3 aromatic carbocycles. The Morgan fingerprint density at radius 3 is 2.25 bits per heavy atom. The summed E-state index contributed by atoms with van der Waals surface area (Å²) in [6.07, 6.45) is 1.13. The predicted molar refractivity (Wildman–Crippen MR) is 126 cm³/mol. The summed E-state index contributed by atoms with van der Waals surface area (Å²) in [5.74, 6) is -0.0310.